The average Bonchev–Trinajstić information content (AvgIpc) is 2.75. The van der Waals surface area contributed by atoms with Crippen molar-refractivity contribution in [2.24, 2.45) is 0 Å². The summed E-state index contributed by atoms with van der Waals surface area (Å²) in [4.78, 5) is 47.2. The Bertz CT molecular complexity index is 934. The molecule has 0 atom stereocenters. The third kappa shape index (κ3) is 7.44. The van der Waals surface area contributed by atoms with Crippen molar-refractivity contribution in [1.29, 1.82) is 0 Å². The van der Waals surface area contributed by atoms with Crippen LogP contribution in [0.5, 0.6) is 5.75 Å². The minimum absolute atomic E-state index is 0.195. The molecule has 2 rings (SSSR count). The molecule has 0 fully saturated rings. The number of methoxy groups -OCH3 is 1. The van der Waals surface area contributed by atoms with E-state index in [2.05, 4.69) is 16.2 Å². The molecule has 0 spiro atoms. The van der Waals surface area contributed by atoms with Crippen LogP contribution < -0.4 is 20.9 Å². The maximum absolute atomic E-state index is 11.9. The molecule has 2 aromatic carbocycles. The van der Waals surface area contributed by atoms with Gasteiger partial charge in [-0.25, -0.2) is 0 Å². The van der Waals surface area contributed by atoms with Crippen molar-refractivity contribution in [2.75, 3.05) is 19.0 Å². The quantitative estimate of drug-likeness (QED) is 0.432. The van der Waals surface area contributed by atoms with Crippen LogP contribution in [-0.4, -0.2) is 37.4 Å². The van der Waals surface area contributed by atoms with Crippen LogP contribution in [-0.2, 0) is 19.1 Å². The van der Waals surface area contributed by atoms with Gasteiger partial charge in [-0.15, -0.1) is 0 Å². The number of anilines is 1. The lowest BCUT2D eigenvalue weighted by molar-refractivity contribution is -0.148. The van der Waals surface area contributed by atoms with Gasteiger partial charge in [-0.1, -0.05) is 29.8 Å². The first-order valence-electron chi connectivity index (χ1n) is 8.82. The monoisotopic (exact) mass is 433 g/mol. The number of esters is 1. The van der Waals surface area contributed by atoms with Crippen LogP contribution in [0, 0.1) is 0 Å². The number of hydrogen-bond donors (Lipinski definition) is 3. The van der Waals surface area contributed by atoms with Crippen molar-refractivity contribution >= 4 is 41.0 Å². The summed E-state index contributed by atoms with van der Waals surface area (Å²) >= 11 is 5.89. The standard InChI is InChI=1S/C20H20ClN3O6/c1-29-14-6-4-5-13(11-14)22-18(26)12-30-19(27)10-9-17(25)23-24-20(28)15-7-2-3-8-16(15)21/h2-8,11H,9-10,12H2,1H3,(H,22,26)(H,23,25)(H,24,28). The van der Waals surface area contributed by atoms with E-state index >= 15 is 0 Å². The molecule has 30 heavy (non-hydrogen) atoms. The average molecular weight is 434 g/mol. The van der Waals surface area contributed by atoms with E-state index in [0.717, 1.165) is 0 Å². The Morgan fingerprint density at radius 3 is 2.43 bits per heavy atom. The maximum Gasteiger partial charge on any atom is 0.306 e. The van der Waals surface area contributed by atoms with Crippen LogP contribution in [0.15, 0.2) is 48.5 Å². The smallest absolute Gasteiger partial charge is 0.306 e. The van der Waals surface area contributed by atoms with Crippen molar-refractivity contribution in [3.05, 3.63) is 59.1 Å². The highest BCUT2D eigenvalue weighted by Gasteiger charge is 2.13. The third-order valence-corrected chi connectivity index (χ3v) is 4.04. The lowest BCUT2D eigenvalue weighted by Gasteiger charge is -2.09. The van der Waals surface area contributed by atoms with E-state index < -0.39 is 30.3 Å². The van der Waals surface area contributed by atoms with Crippen LogP contribution in [0.2, 0.25) is 5.02 Å². The Morgan fingerprint density at radius 1 is 0.933 bits per heavy atom. The first-order valence-corrected chi connectivity index (χ1v) is 9.20. The Morgan fingerprint density at radius 2 is 1.70 bits per heavy atom. The SMILES string of the molecule is COc1cccc(NC(=O)COC(=O)CCC(=O)NNC(=O)c2ccccc2Cl)c1. The number of carbonyl (C=O) groups excluding carboxylic acids is 4. The Balaban J connectivity index is 1.66. The fraction of sp³-hybridized carbons (Fsp3) is 0.200. The highest BCUT2D eigenvalue weighted by Crippen LogP contribution is 2.16. The van der Waals surface area contributed by atoms with Gasteiger partial charge in [0, 0.05) is 18.2 Å². The molecule has 158 valence electrons. The van der Waals surface area contributed by atoms with Gasteiger partial charge in [0.1, 0.15) is 5.75 Å². The lowest BCUT2D eigenvalue weighted by Crippen LogP contribution is -2.41. The van der Waals surface area contributed by atoms with Gasteiger partial charge >= 0.3 is 5.97 Å². The molecular formula is C20H20ClN3O6. The second-order valence-corrected chi connectivity index (χ2v) is 6.33. The van der Waals surface area contributed by atoms with Crippen LogP contribution in [0.1, 0.15) is 23.2 Å². The summed E-state index contributed by atoms with van der Waals surface area (Å²) in [5.74, 6) is -1.90. The van der Waals surface area contributed by atoms with Crippen LogP contribution in [0.4, 0.5) is 5.69 Å². The van der Waals surface area contributed by atoms with Gasteiger partial charge in [-0.05, 0) is 24.3 Å². The minimum Gasteiger partial charge on any atom is -0.497 e. The fourth-order valence-corrected chi connectivity index (χ4v) is 2.45. The van der Waals surface area contributed by atoms with E-state index in [4.69, 9.17) is 21.1 Å². The topological polar surface area (TPSA) is 123 Å². The molecule has 3 amide bonds. The molecule has 0 aliphatic heterocycles. The lowest BCUT2D eigenvalue weighted by atomic mass is 10.2. The summed E-state index contributed by atoms with van der Waals surface area (Å²) in [6.45, 7) is -0.499. The largest absolute Gasteiger partial charge is 0.497 e. The van der Waals surface area contributed by atoms with Crippen molar-refractivity contribution in [2.45, 2.75) is 12.8 Å². The number of amides is 3. The number of hydrazine groups is 1. The number of carbonyl (C=O) groups is 4. The molecule has 0 radical (unpaired) electrons. The van der Waals surface area contributed by atoms with Crippen LogP contribution in [0.3, 0.4) is 0 Å². The molecule has 0 aliphatic rings. The molecule has 0 aliphatic carbocycles. The molecule has 0 bridgehead atoms. The Hall–Kier alpha value is -3.59. The van der Waals surface area contributed by atoms with Gasteiger partial charge in [0.2, 0.25) is 5.91 Å². The van der Waals surface area contributed by atoms with E-state index in [1.54, 1.807) is 42.5 Å². The second-order valence-electron chi connectivity index (χ2n) is 5.92. The number of ether oxygens (including phenoxy) is 2. The van der Waals surface area contributed by atoms with E-state index in [9.17, 15) is 19.2 Å². The zero-order valence-corrected chi connectivity index (χ0v) is 16.8. The summed E-state index contributed by atoms with van der Waals surface area (Å²) in [6.07, 6.45) is -0.501. The van der Waals surface area contributed by atoms with Gasteiger partial charge < -0.3 is 14.8 Å². The Kier molecular flexibility index (Phi) is 8.64. The molecule has 0 aromatic heterocycles. The molecule has 3 N–H and O–H groups in total. The normalized spacial score (nSPS) is 9.93. The summed E-state index contributed by atoms with van der Waals surface area (Å²) in [6, 6.07) is 13.0. The zero-order chi connectivity index (χ0) is 21.9. The molecule has 2 aromatic rings. The van der Waals surface area contributed by atoms with E-state index in [1.165, 1.54) is 13.2 Å². The van der Waals surface area contributed by atoms with E-state index in [-0.39, 0.29) is 23.4 Å². The first kappa shape index (κ1) is 22.7. The van der Waals surface area contributed by atoms with E-state index in [1.807, 2.05) is 0 Å². The number of rotatable bonds is 8. The van der Waals surface area contributed by atoms with Crippen LogP contribution in [0.25, 0.3) is 0 Å². The molecule has 10 heteroatoms. The summed E-state index contributed by atoms with van der Waals surface area (Å²) < 4.78 is 9.87. The number of hydrogen-bond acceptors (Lipinski definition) is 6. The maximum atomic E-state index is 11.9. The third-order valence-electron chi connectivity index (χ3n) is 3.71. The van der Waals surface area contributed by atoms with Crippen LogP contribution >= 0.6 is 11.6 Å². The van der Waals surface area contributed by atoms with Gasteiger partial charge in [-0.2, -0.15) is 0 Å². The van der Waals surface area contributed by atoms with Gasteiger partial charge in [0.15, 0.2) is 6.61 Å². The molecule has 0 unspecified atom stereocenters. The van der Waals surface area contributed by atoms with Crippen molar-refractivity contribution in [3.63, 3.8) is 0 Å². The van der Waals surface area contributed by atoms with Crippen molar-refractivity contribution in [3.8, 4) is 5.75 Å². The molecule has 0 saturated carbocycles. The summed E-state index contributed by atoms with van der Waals surface area (Å²) in [5, 5.41) is 2.79. The predicted molar refractivity (Wildman–Crippen MR) is 109 cm³/mol. The predicted octanol–water partition coefficient (Wildman–Crippen LogP) is 2.07. The van der Waals surface area contributed by atoms with Gasteiger partial charge in [-0.3, -0.25) is 30.0 Å². The zero-order valence-electron chi connectivity index (χ0n) is 16.1. The van der Waals surface area contributed by atoms with E-state index in [0.29, 0.717) is 11.4 Å². The van der Waals surface area contributed by atoms with Crippen molar-refractivity contribution in [1.82, 2.24) is 10.9 Å². The minimum atomic E-state index is -0.733. The Labute approximate surface area is 177 Å². The molecule has 0 saturated heterocycles. The summed E-state index contributed by atoms with van der Waals surface area (Å²) in [7, 11) is 1.50. The van der Waals surface area contributed by atoms with Crippen molar-refractivity contribution < 1.29 is 28.7 Å². The number of benzene rings is 2. The summed E-state index contributed by atoms with van der Waals surface area (Å²) in [5.41, 5.74) is 5.06. The van der Waals surface area contributed by atoms with Gasteiger partial charge in [0.05, 0.1) is 24.1 Å². The second kappa shape index (κ2) is 11.4. The fourth-order valence-electron chi connectivity index (χ4n) is 2.23. The molecule has 9 nitrogen and oxygen atoms in total. The highest BCUT2D eigenvalue weighted by molar-refractivity contribution is 6.33. The highest BCUT2D eigenvalue weighted by atomic mass is 35.5. The molecular weight excluding hydrogens is 414 g/mol. The number of halogens is 1. The first-order chi connectivity index (χ1) is 14.4. The van der Waals surface area contributed by atoms with Gasteiger partial charge in [0.25, 0.3) is 11.8 Å². The number of nitrogens with one attached hydrogen (secondary N) is 3. The molecule has 0 heterocycles.